The van der Waals surface area contributed by atoms with Crippen LogP contribution in [0.15, 0.2) is 18.2 Å². The number of aliphatic hydroxyl groups is 1. The molecule has 6 heteroatoms. The minimum Gasteiger partial charge on any atom is -0.508 e. The molecule has 1 rings (SSSR count). The lowest BCUT2D eigenvalue weighted by Gasteiger charge is -2.19. The maximum atomic E-state index is 13.1. The molecule has 0 spiro atoms. The van der Waals surface area contributed by atoms with E-state index in [0.29, 0.717) is 0 Å². The van der Waals surface area contributed by atoms with Gasteiger partial charge in [0.1, 0.15) is 11.6 Å². The van der Waals surface area contributed by atoms with Crippen LogP contribution in [-0.4, -0.2) is 28.3 Å². The normalized spacial score (nSPS) is 14.3. The molecule has 0 saturated heterocycles. The number of nitrogens with zero attached hydrogens (tertiary/aromatic N) is 1. The smallest absolute Gasteiger partial charge is 0.211 e. The Bertz CT molecular complexity index is 410. The van der Waals surface area contributed by atoms with Crippen LogP contribution >= 0.6 is 0 Å². The lowest BCUT2D eigenvalue weighted by atomic mass is 9.87. The van der Waals surface area contributed by atoms with E-state index in [9.17, 15) is 19.6 Å². The van der Waals surface area contributed by atoms with E-state index in [1.807, 2.05) is 0 Å². The fraction of sp³-hybridized carbons (Fsp3) is 0.455. The van der Waals surface area contributed by atoms with Crippen molar-refractivity contribution in [2.24, 2.45) is 5.92 Å². The van der Waals surface area contributed by atoms with Gasteiger partial charge in [-0.05, 0) is 24.1 Å². The van der Waals surface area contributed by atoms with Gasteiger partial charge in [0, 0.05) is 17.1 Å². The van der Waals surface area contributed by atoms with Crippen LogP contribution in [0, 0.1) is 21.8 Å². The van der Waals surface area contributed by atoms with Crippen molar-refractivity contribution in [1.82, 2.24) is 0 Å². The Labute approximate surface area is 97.7 Å². The number of phenols is 1. The summed E-state index contributed by atoms with van der Waals surface area (Å²) in [6.45, 7) is 0.881. The van der Waals surface area contributed by atoms with Crippen molar-refractivity contribution in [3.63, 3.8) is 0 Å². The number of hydrogen-bond donors (Lipinski definition) is 2. The highest BCUT2D eigenvalue weighted by Gasteiger charge is 2.27. The van der Waals surface area contributed by atoms with Gasteiger partial charge < -0.3 is 10.2 Å². The second-order valence-corrected chi connectivity index (χ2v) is 3.98. The van der Waals surface area contributed by atoms with Crippen LogP contribution < -0.4 is 0 Å². The van der Waals surface area contributed by atoms with Crippen molar-refractivity contribution < 1.29 is 19.5 Å². The molecule has 0 aliphatic rings. The Morgan fingerprint density at radius 1 is 1.53 bits per heavy atom. The van der Waals surface area contributed by atoms with Crippen LogP contribution in [0.4, 0.5) is 4.39 Å². The van der Waals surface area contributed by atoms with Crippen LogP contribution in [0.2, 0.25) is 0 Å². The number of hydrogen-bond acceptors (Lipinski definition) is 4. The van der Waals surface area contributed by atoms with E-state index in [-0.39, 0.29) is 17.9 Å². The van der Waals surface area contributed by atoms with Gasteiger partial charge in [-0.15, -0.1) is 0 Å². The Balaban J connectivity index is 3.11. The Kier molecular flexibility index (Phi) is 4.39. The van der Waals surface area contributed by atoms with Gasteiger partial charge in [-0.2, -0.15) is 0 Å². The molecule has 5 nitrogen and oxygen atoms in total. The van der Waals surface area contributed by atoms with Crippen LogP contribution in [0.25, 0.3) is 0 Å². The molecule has 0 amide bonds. The van der Waals surface area contributed by atoms with E-state index in [1.54, 1.807) is 6.92 Å². The van der Waals surface area contributed by atoms with E-state index in [1.165, 1.54) is 0 Å². The van der Waals surface area contributed by atoms with Crippen LogP contribution in [0.3, 0.4) is 0 Å². The minimum atomic E-state index is -0.717. The monoisotopic (exact) mass is 243 g/mol. The summed E-state index contributed by atoms with van der Waals surface area (Å²) in [4.78, 5) is 10.0. The third kappa shape index (κ3) is 3.39. The van der Waals surface area contributed by atoms with Crippen LogP contribution in [0.1, 0.15) is 18.4 Å². The number of benzene rings is 1. The zero-order valence-electron chi connectivity index (χ0n) is 9.34. The average molecular weight is 243 g/mol. The fourth-order valence-electron chi connectivity index (χ4n) is 1.70. The fourth-order valence-corrected chi connectivity index (χ4v) is 1.70. The third-order valence-electron chi connectivity index (χ3n) is 2.71. The minimum absolute atomic E-state index is 0.156. The largest absolute Gasteiger partial charge is 0.508 e. The molecule has 0 fully saturated rings. The lowest BCUT2D eigenvalue weighted by Crippen LogP contribution is -2.22. The number of nitro groups is 1. The molecule has 2 atom stereocenters. The molecule has 0 unspecified atom stereocenters. The number of halogens is 1. The molecular weight excluding hydrogens is 229 g/mol. The Morgan fingerprint density at radius 2 is 2.18 bits per heavy atom. The molecular formula is C11H14FNO4. The summed E-state index contributed by atoms with van der Waals surface area (Å²) in [6, 6.07) is 3.29. The summed E-state index contributed by atoms with van der Waals surface area (Å²) in [5.74, 6) is -1.92. The van der Waals surface area contributed by atoms with E-state index >= 15 is 0 Å². The molecule has 1 aromatic rings. The van der Waals surface area contributed by atoms with Crippen molar-refractivity contribution in [1.29, 1.82) is 0 Å². The molecule has 0 heterocycles. The molecule has 2 N–H and O–H groups in total. The Morgan fingerprint density at radius 3 is 2.71 bits per heavy atom. The summed E-state index contributed by atoms with van der Waals surface area (Å²) in [6.07, 6.45) is 0. The molecule has 0 aliphatic heterocycles. The lowest BCUT2D eigenvalue weighted by molar-refractivity contribution is -0.485. The van der Waals surface area contributed by atoms with Crippen molar-refractivity contribution in [2.45, 2.75) is 12.8 Å². The van der Waals surface area contributed by atoms with E-state index in [0.717, 1.165) is 18.2 Å². The first kappa shape index (κ1) is 13.4. The molecule has 0 radical (unpaired) electrons. The predicted molar refractivity (Wildman–Crippen MR) is 58.9 cm³/mol. The van der Waals surface area contributed by atoms with Gasteiger partial charge in [-0.25, -0.2) is 4.39 Å². The van der Waals surface area contributed by atoms with E-state index in [2.05, 4.69) is 0 Å². The zero-order valence-corrected chi connectivity index (χ0v) is 9.34. The Hall–Kier alpha value is -1.69. The zero-order chi connectivity index (χ0) is 13.0. The SMILES string of the molecule is C[C@H](CO)[C@@H](C[N+](=O)[O-])c1cc(F)ccc1O. The summed E-state index contributed by atoms with van der Waals surface area (Å²) in [5.41, 5.74) is 0.156. The van der Waals surface area contributed by atoms with Gasteiger partial charge in [0.05, 0.1) is 5.92 Å². The second kappa shape index (κ2) is 5.58. The standard InChI is InChI=1S/C11H14FNO4/c1-7(6-14)10(5-13(16)17)9-4-8(12)2-3-11(9)15/h2-4,7,10,14-15H,5-6H2,1H3/t7-,10-/m1/s1. The van der Waals surface area contributed by atoms with Crippen LogP contribution in [0.5, 0.6) is 5.75 Å². The highest BCUT2D eigenvalue weighted by Crippen LogP contribution is 2.32. The quantitative estimate of drug-likeness (QED) is 0.606. The number of rotatable bonds is 5. The molecule has 0 aromatic heterocycles. The predicted octanol–water partition coefficient (Wildman–Crippen LogP) is 1.52. The number of aromatic hydroxyl groups is 1. The first-order valence-electron chi connectivity index (χ1n) is 5.16. The van der Waals surface area contributed by atoms with E-state index < -0.39 is 29.1 Å². The second-order valence-electron chi connectivity index (χ2n) is 3.98. The van der Waals surface area contributed by atoms with Gasteiger partial charge in [0.2, 0.25) is 6.54 Å². The van der Waals surface area contributed by atoms with Crippen molar-refractivity contribution >= 4 is 0 Å². The topological polar surface area (TPSA) is 83.6 Å². The van der Waals surface area contributed by atoms with Crippen molar-refractivity contribution in [2.75, 3.05) is 13.2 Å². The van der Waals surface area contributed by atoms with Gasteiger partial charge in [-0.1, -0.05) is 6.92 Å². The van der Waals surface area contributed by atoms with E-state index in [4.69, 9.17) is 5.11 Å². The molecule has 1 aromatic carbocycles. The first-order valence-corrected chi connectivity index (χ1v) is 5.16. The molecule has 17 heavy (non-hydrogen) atoms. The van der Waals surface area contributed by atoms with Crippen LogP contribution in [-0.2, 0) is 0 Å². The maximum absolute atomic E-state index is 13.1. The van der Waals surface area contributed by atoms with Crippen molar-refractivity contribution in [3.8, 4) is 5.75 Å². The number of aliphatic hydroxyl groups excluding tert-OH is 1. The summed E-state index contributed by atoms with van der Waals surface area (Å²) in [5, 5.41) is 29.2. The number of phenolic OH excluding ortho intramolecular Hbond substituents is 1. The molecule has 0 aliphatic carbocycles. The molecule has 0 bridgehead atoms. The van der Waals surface area contributed by atoms with Crippen molar-refractivity contribution in [3.05, 3.63) is 39.7 Å². The maximum Gasteiger partial charge on any atom is 0.211 e. The molecule has 0 saturated carbocycles. The van der Waals surface area contributed by atoms with Gasteiger partial charge in [-0.3, -0.25) is 10.1 Å². The first-order chi connectivity index (χ1) is 7.95. The summed E-state index contributed by atoms with van der Waals surface area (Å²) < 4.78 is 13.1. The summed E-state index contributed by atoms with van der Waals surface area (Å²) >= 11 is 0. The average Bonchev–Trinajstić information content (AvgIpc) is 2.28. The van der Waals surface area contributed by atoms with Gasteiger partial charge in [0.25, 0.3) is 0 Å². The summed E-state index contributed by atoms with van der Waals surface area (Å²) in [7, 11) is 0. The van der Waals surface area contributed by atoms with Gasteiger partial charge in [0.15, 0.2) is 0 Å². The highest BCUT2D eigenvalue weighted by atomic mass is 19.1. The molecule has 94 valence electrons. The third-order valence-corrected chi connectivity index (χ3v) is 2.71. The van der Waals surface area contributed by atoms with Gasteiger partial charge >= 0.3 is 0 Å². The highest BCUT2D eigenvalue weighted by molar-refractivity contribution is 5.36.